The van der Waals surface area contributed by atoms with Gasteiger partial charge < -0.3 is 14.7 Å². The van der Waals surface area contributed by atoms with E-state index in [1.807, 2.05) is 0 Å². The zero-order valence-electron chi connectivity index (χ0n) is 34.8. The quantitative estimate of drug-likeness (QED) is 0.122. The third kappa shape index (κ3) is 8.50. The number of rotatable bonds is 12. The lowest BCUT2D eigenvalue weighted by Crippen LogP contribution is -2.10. The fraction of sp³-hybridized carbons (Fsp3) is 0. The minimum absolute atomic E-state index is 1.08. The molecule has 0 amide bonds. The summed E-state index contributed by atoms with van der Waals surface area (Å²) >= 11 is 0. The van der Waals surface area contributed by atoms with Crippen LogP contribution in [-0.2, 0) is 0 Å². The van der Waals surface area contributed by atoms with Crippen molar-refractivity contribution in [3.63, 3.8) is 0 Å². The number of hydrogen-bond donors (Lipinski definition) is 0. The van der Waals surface area contributed by atoms with Gasteiger partial charge in [0.1, 0.15) is 0 Å². The van der Waals surface area contributed by atoms with Gasteiger partial charge in [-0.25, -0.2) is 0 Å². The first-order valence-electron chi connectivity index (χ1n) is 21.4. The van der Waals surface area contributed by atoms with Crippen molar-refractivity contribution >= 4 is 51.2 Å². The van der Waals surface area contributed by atoms with Gasteiger partial charge in [0.2, 0.25) is 0 Å². The lowest BCUT2D eigenvalue weighted by molar-refractivity contribution is 1.28. The summed E-state index contributed by atoms with van der Waals surface area (Å²) in [5.74, 6) is 0. The average molecular weight is 808 g/mol. The fourth-order valence-electron chi connectivity index (χ4n) is 8.30. The van der Waals surface area contributed by atoms with Gasteiger partial charge in [0, 0.05) is 51.2 Å². The van der Waals surface area contributed by atoms with E-state index in [4.69, 9.17) is 0 Å². The molecule has 0 N–H and O–H groups in total. The monoisotopic (exact) mass is 807 g/mol. The normalized spacial score (nSPS) is 10.9. The van der Waals surface area contributed by atoms with E-state index >= 15 is 0 Å². The summed E-state index contributed by atoms with van der Waals surface area (Å²) in [6.45, 7) is 0. The molecule has 63 heavy (non-hydrogen) atoms. The zero-order chi connectivity index (χ0) is 42.2. The number of anilines is 9. The van der Waals surface area contributed by atoms with Gasteiger partial charge in [-0.2, -0.15) is 0 Å². The van der Waals surface area contributed by atoms with Crippen molar-refractivity contribution in [2.75, 3.05) is 14.7 Å². The highest BCUT2D eigenvalue weighted by molar-refractivity contribution is 5.83. The number of hydrogen-bond acceptors (Lipinski definition) is 3. The predicted octanol–water partition coefficient (Wildman–Crippen LogP) is 17.1. The molecule has 0 saturated carbocycles. The molecule has 3 heteroatoms. The van der Waals surface area contributed by atoms with Crippen LogP contribution in [0.25, 0.3) is 33.4 Å². The van der Waals surface area contributed by atoms with Crippen molar-refractivity contribution in [1.82, 2.24) is 0 Å². The van der Waals surface area contributed by atoms with Crippen molar-refractivity contribution in [1.29, 1.82) is 0 Å². The second-order valence-electron chi connectivity index (χ2n) is 15.4. The van der Waals surface area contributed by atoms with Gasteiger partial charge in [-0.1, -0.05) is 164 Å². The van der Waals surface area contributed by atoms with Crippen LogP contribution in [0.15, 0.2) is 273 Å². The van der Waals surface area contributed by atoms with E-state index < -0.39 is 0 Å². The Balaban J connectivity index is 0.945. The zero-order valence-corrected chi connectivity index (χ0v) is 34.8. The largest absolute Gasteiger partial charge is 0.311 e. The summed E-state index contributed by atoms with van der Waals surface area (Å²) in [6, 6.07) is 97.1. The van der Waals surface area contributed by atoms with Crippen molar-refractivity contribution in [3.8, 4) is 33.4 Å². The standard InChI is InChI=1S/C60H45N3/c1-6-16-46(17-7-1)47-26-36-58(37-27-47)63(59-42-32-50(33-43-59)48-28-38-56(39-29-48)61(52-18-8-2-9-19-52)53-20-10-3-11-21-53)60-44-34-51(35-45-60)49-30-40-57(41-31-49)62(54-22-12-4-13-23-54)55-24-14-5-15-25-55/h1-45H. The van der Waals surface area contributed by atoms with Crippen molar-refractivity contribution < 1.29 is 0 Å². The highest BCUT2D eigenvalue weighted by atomic mass is 15.2. The van der Waals surface area contributed by atoms with Gasteiger partial charge >= 0.3 is 0 Å². The number of para-hydroxylation sites is 4. The van der Waals surface area contributed by atoms with Crippen molar-refractivity contribution in [3.05, 3.63) is 273 Å². The van der Waals surface area contributed by atoms with E-state index in [0.29, 0.717) is 0 Å². The third-order valence-corrected chi connectivity index (χ3v) is 11.5. The molecule has 10 rings (SSSR count). The molecule has 0 heterocycles. The van der Waals surface area contributed by atoms with Gasteiger partial charge in [0.25, 0.3) is 0 Å². The first kappa shape index (κ1) is 38.8. The van der Waals surface area contributed by atoms with Gasteiger partial charge in [-0.15, -0.1) is 0 Å². The molecule has 10 aromatic rings. The number of nitrogens with zero attached hydrogens (tertiary/aromatic N) is 3. The Hall–Kier alpha value is -8.40. The third-order valence-electron chi connectivity index (χ3n) is 11.5. The van der Waals surface area contributed by atoms with Crippen molar-refractivity contribution in [2.45, 2.75) is 0 Å². The van der Waals surface area contributed by atoms with E-state index in [1.165, 1.54) is 11.1 Å². The van der Waals surface area contributed by atoms with Crippen LogP contribution in [0.5, 0.6) is 0 Å². The van der Waals surface area contributed by atoms with E-state index in [1.54, 1.807) is 0 Å². The van der Waals surface area contributed by atoms with Crippen LogP contribution in [0.4, 0.5) is 51.2 Å². The van der Waals surface area contributed by atoms with Crippen LogP contribution in [0.3, 0.4) is 0 Å². The van der Waals surface area contributed by atoms with Crippen LogP contribution in [0, 0.1) is 0 Å². The summed E-state index contributed by atoms with van der Waals surface area (Å²) in [6.07, 6.45) is 0. The molecule has 0 atom stereocenters. The Morgan fingerprint density at radius 2 is 0.270 bits per heavy atom. The summed E-state index contributed by atoms with van der Waals surface area (Å²) in [7, 11) is 0. The van der Waals surface area contributed by atoms with Crippen molar-refractivity contribution in [2.24, 2.45) is 0 Å². The molecule has 0 aliphatic heterocycles. The topological polar surface area (TPSA) is 9.72 Å². The predicted molar refractivity (Wildman–Crippen MR) is 267 cm³/mol. The van der Waals surface area contributed by atoms with Crippen LogP contribution < -0.4 is 14.7 Å². The Labute approximate surface area is 370 Å². The SMILES string of the molecule is c1ccc(-c2ccc(N(c3ccc(-c4ccc(N(c5ccccc5)c5ccccc5)cc4)cc3)c3ccc(-c4ccc(N(c5ccccc5)c5ccccc5)cc4)cc3)cc2)cc1. The van der Waals surface area contributed by atoms with Gasteiger partial charge in [-0.3, -0.25) is 0 Å². The maximum Gasteiger partial charge on any atom is 0.0462 e. The first-order valence-corrected chi connectivity index (χ1v) is 21.4. The smallest absolute Gasteiger partial charge is 0.0462 e. The summed E-state index contributed by atoms with van der Waals surface area (Å²) < 4.78 is 0. The second-order valence-corrected chi connectivity index (χ2v) is 15.4. The summed E-state index contributed by atoms with van der Waals surface area (Å²) in [4.78, 5) is 6.92. The lowest BCUT2D eigenvalue weighted by atomic mass is 10.0. The van der Waals surface area contributed by atoms with E-state index in [9.17, 15) is 0 Å². The van der Waals surface area contributed by atoms with Gasteiger partial charge in [0.05, 0.1) is 0 Å². The van der Waals surface area contributed by atoms with Crippen LogP contribution in [-0.4, -0.2) is 0 Å². The highest BCUT2D eigenvalue weighted by Gasteiger charge is 2.16. The molecule has 0 bridgehead atoms. The molecule has 0 aliphatic rings. The molecule has 0 aliphatic carbocycles. The van der Waals surface area contributed by atoms with Crippen LogP contribution in [0.1, 0.15) is 0 Å². The molecular formula is C60H45N3. The Morgan fingerprint density at radius 1 is 0.127 bits per heavy atom. The minimum Gasteiger partial charge on any atom is -0.311 e. The Morgan fingerprint density at radius 3 is 0.460 bits per heavy atom. The fourth-order valence-corrected chi connectivity index (χ4v) is 8.30. The van der Waals surface area contributed by atoms with E-state index in [2.05, 4.69) is 288 Å². The summed E-state index contributed by atoms with van der Waals surface area (Å²) in [5, 5.41) is 0. The molecule has 0 fully saturated rings. The van der Waals surface area contributed by atoms with Crippen LogP contribution >= 0.6 is 0 Å². The molecule has 0 aromatic heterocycles. The molecule has 0 radical (unpaired) electrons. The van der Waals surface area contributed by atoms with Gasteiger partial charge in [0.15, 0.2) is 0 Å². The van der Waals surface area contributed by atoms with Gasteiger partial charge in [-0.05, 0) is 143 Å². The Bertz CT molecular complexity index is 2730. The lowest BCUT2D eigenvalue weighted by Gasteiger charge is -2.27. The maximum absolute atomic E-state index is 2.34. The van der Waals surface area contributed by atoms with E-state index in [0.717, 1.165) is 73.4 Å². The summed E-state index contributed by atoms with van der Waals surface area (Å²) in [5.41, 5.74) is 17.0. The van der Waals surface area contributed by atoms with Crippen LogP contribution in [0.2, 0.25) is 0 Å². The van der Waals surface area contributed by atoms with E-state index in [-0.39, 0.29) is 0 Å². The second kappa shape index (κ2) is 18.1. The molecule has 0 unspecified atom stereocenters. The average Bonchev–Trinajstić information content (AvgIpc) is 3.37. The molecule has 10 aromatic carbocycles. The molecule has 3 nitrogen and oxygen atoms in total. The Kier molecular flexibility index (Phi) is 11.1. The molecular weight excluding hydrogens is 763 g/mol. The highest BCUT2D eigenvalue weighted by Crippen LogP contribution is 2.40. The maximum atomic E-state index is 2.34. The molecule has 0 saturated heterocycles. The molecule has 300 valence electrons. The first-order chi connectivity index (χ1) is 31.2. The number of benzene rings is 10. The molecule has 0 spiro atoms. The minimum atomic E-state index is 1.08.